The summed E-state index contributed by atoms with van der Waals surface area (Å²) in [7, 11) is 1.53. The average molecular weight is 428 g/mol. The molecule has 3 rings (SSSR count). The van der Waals surface area contributed by atoms with E-state index in [1.807, 2.05) is 0 Å². The van der Waals surface area contributed by atoms with Crippen molar-refractivity contribution in [2.75, 3.05) is 24.2 Å². The second-order valence-corrected chi connectivity index (χ2v) is 8.14. The largest absolute Gasteiger partial charge is 0.336 e. The molecule has 0 aromatic heterocycles. The Morgan fingerprint density at radius 3 is 2.86 bits per heavy atom. The van der Waals surface area contributed by atoms with Crippen LogP contribution >= 0.6 is 23.4 Å². The van der Waals surface area contributed by atoms with Crippen LogP contribution in [0.3, 0.4) is 0 Å². The van der Waals surface area contributed by atoms with E-state index < -0.39 is 5.25 Å². The van der Waals surface area contributed by atoms with Crippen molar-refractivity contribution in [3.05, 3.63) is 53.1 Å². The van der Waals surface area contributed by atoms with E-state index in [4.69, 9.17) is 18.0 Å². The van der Waals surface area contributed by atoms with E-state index in [1.165, 1.54) is 23.7 Å². The zero-order chi connectivity index (χ0) is 21.0. The maximum Gasteiger partial charge on any atom is 0.243 e. The summed E-state index contributed by atoms with van der Waals surface area (Å²) in [5, 5.41) is 5.43. The van der Waals surface area contributed by atoms with Gasteiger partial charge in [-0.2, -0.15) is 0 Å². The Bertz CT molecular complexity index is 1020. The van der Waals surface area contributed by atoms with E-state index in [2.05, 4.69) is 16.6 Å². The Hall–Kier alpha value is -2.95. The molecule has 29 heavy (non-hydrogen) atoms. The summed E-state index contributed by atoms with van der Waals surface area (Å²) in [6.45, 7) is -0.135. The SMILES string of the molecule is C#Cc1cccc(NC(=O)CN(C)C(=O)CC2Sc3ccc(Cl)cc3NC2=O)c1. The number of rotatable bonds is 5. The fourth-order valence-electron chi connectivity index (χ4n) is 2.76. The van der Waals surface area contributed by atoms with Crippen LogP contribution in [-0.2, 0) is 14.4 Å². The van der Waals surface area contributed by atoms with Gasteiger partial charge in [-0.25, -0.2) is 0 Å². The third-order valence-corrected chi connectivity index (χ3v) is 5.75. The number of nitrogens with one attached hydrogen (secondary N) is 2. The summed E-state index contributed by atoms with van der Waals surface area (Å²) in [6.07, 6.45) is 5.33. The van der Waals surface area contributed by atoms with E-state index in [9.17, 15) is 14.4 Å². The standard InChI is InChI=1S/C21H18ClN3O3S/c1-3-13-5-4-6-15(9-13)23-19(26)12-25(2)20(27)11-18-21(28)24-16-10-14(22)7-8-17(16)29-18/h1,4-10,18H,11-12H2,2H3,(H,23,26)(H,24,28). The van der Waals surface area contributed by atoms with E-state index in [0.29, 0.717) is 22.0 Å². The molecular weight excluding hydrogens is 410 g/mol. The number of hydrogen-bond donors (Lipinski definition) is 2. The van der Waals surface area contributed by atoms with Gasteiger partial charge < -0.3 is 15.5 Å². The molecule has 2 aromatic carbocycles. The van der Waals surface area contributed by atoms with Crippen LogP contribution in [0, 0.1) is 12.3 Å². The smallest absolute Gasteiger partial charge is 0.243 e. The third-order valence-electron chi connectivity index (χ3n) is 4.24. The normalized spacial score (nSPS) is 14.9. The lowest BCUT2D eigenvalue weighted by atomic mass is 10.2. The molecule has 1 aliphatic heterocycles. The van der Waals surface area contributed by atoms with E-state index in [0.717, 1.165) is 4.90 Å². The van der Waals surface area contributed by atoms with Crippen molar-refractivity contribution in [3.8, 4) is 12.3 Å². The summed E-state index contributed by atoms with van der Waals surface area (Å²) in [5.74, 6) is 1.58. The quantitative estimate of drug-likeness (QED) is 0.718. The van der Waals surface area contributed by atoms with Crippen LogP contribution in [-0.4, -0.2) is 41.5 Å². The molecule has 0 spiro atoms. The van der Waals surface area contributed by atoms with Crippen molar-refractivity contribution >= 4 is 52.5 Å². The number of nitrogens with zero attached hydrogens (tertiary/aromatic N) is 1. The van der Waals surface area contributed by atoms with Crippen molar-refractivity contribution in [2.24, 2.45) is 0 Å². The number of terminal acetylenes is 1. The molecule has 8 heteroatoms. The number of thioether (sulfide) groups is 1. The number of anilines is 2. The van der Waals surface area contributed by atoms with Gasteiger partial charge in [-0.1, -0.05) is 23.6 Å². The minimum atomic E-state index is -0.575. The Balaban J connectivity index is 1.56. The minimum absolute atomic E-state index is 0.0189. The maximum absolute atomic E-state index is 12.5. The van der Waals surface area contributed by atoms with Crippen LogP contribution in [0.15, 0.2) is 47.4 Å². The second kappa shape index (κ2) is 9.03. The van der Waals surface area contributed by atoms with Gasteiger partial charge in [-0.15, -0.1) is 18.2 Å². The van der Waals surface area contributed by atoms with Crippen molar-refractivity contribution in [2.45, 2.75) is 16.6 Å². The van der Waals surface area contributed by atoms with Crippen LogP contribution in [0.5, 0.6) is 0 Å². The molecule has 0 bridgehead atoms. The Kier molecular flexibility index (Phi) is 6.47. The molecule has 1 heterocycles. The third kappa shape index (κ3) is 5.31. The van der Waals surface area contributed by atoms with Crippen molar-refractivity contribution in [3.63, 3.8) is 0 Å². The van der Waals surface area contributed by atoms with Gasteiger partial charge in [0.05, 0.1) is 17.5 Å². The molecule has 2 aromatic rings. The highest BCUT2D eigenvalue weighted by molar-refractivity contribution is 8.01. The zero-order valence-corrected chi connectivity index (χ0v) is 17.1. The summed E-state index contributed by atoms with van der Waals surface area (Å²) < 4.78 is 0. The van der Waals surface area contributed by atoms with Crippen LogP contribution < -0.4 is 10.6 Å². The Labute approximate surface area is 178 Å². The first kappa shape index (κ1) is 20.8. The lowest BCUT2D eigenvalue weighted by Crippen LogP contribution is -2.39. The molecule has 0 saturated carbocycles. The highest BCUT2D eigenvalue weighted by Gasteiger charge is 2.30. The molecule has 3 amide bonds. The number of halogens is 1. The van der Waals surface area contributed by atoms with Gasteiger partial charge >= 0.3 is 0 Å². The Morgan fingerprint density at radius 1 is 1.31 bits per heavy atom. The molecule has 2 N–H and O–H groups in total. The van der Waals surface area contributed by atoms with Gasteiger partial charge in [0.25, 0.3) is 0 Å². The second-order valence-electron chi connectivity index (χ2n) is 6.46. The number of fused-ring (bicyclic) bond motifs is 1. The number of carbonyl (C=O) groups excluding carboxylic acids is 3. The highest BCUT2D eigenvalue weighted by atomic mass is 35.5. The molecule has 0 radical (unpaired) electrons. The molecule has 1 aliphatic rings. The van der Waals surface area contributed by atoms with Crippen molar-refractivity contribution < 1.29 is 14.4 Å². The zero-order valence-electron chi connectivity index (χ0n) is 15.6. The first-order chi connectivity index (χ1) is 13.9. The van der Waals surface area contributed by atoms with E-state index in [1.54, 1.807) is 42.5 Å². The number of carbonyl (C=O) groups is 3. The van der Waals surface area contributed by atoms with Crippen LogP contribution in [0.2, 0.25) is 5.02 Å². The molecule has 1 unspecified atom stereocenters. The summed E-state index contributed by atoms with van der Waals surface area (Å²) in [4.78, 5) is 39.2. The van der Waals surface area contributed by atoms with Crippen molar-refractivity contribution in [1.82, 2.24) is 4.90 Å². The predicted molar refractivity (Wildman–Crippen MR) is 115 cm³/mol. The average Bonchev–Trinajstić information content (AvgIpc) is 2.68. The molecule has 0 fully saturated rings. The molecular formula is C21H18ClN3O3S. The fraction of sp³-hybridized carbons (Fsp3) is 0.190. The number of likely N-dealkylation sites (N-methyl/N-ethyl adjacent to an activating group) is 1. The highest BCUT2D eigenvalue weighted by Crippen LogP contribution is 2.38. The predicted octanol–water partition coefficient (Wildman–Crippen LogP) is 3.22. The molecule has 148 valence electrons. The molecule has 6 nitrogen and oxygen atoms in total. The van der Waals surface area contributed by atoms with Gasteiger partial charge in [0.2, 0.25) is 17.7 Å². The summed E-state index contributed by atoms with van der Waals surface area (Å²) in [6, 6.07) is 12.1. The number of hydrogen-bond acceptors (Lipinski definition) is 4. The maximum atomic E-state index is 12.5. The van der Waals surface area contributed by atoms with Crippen molar-refractivity contribution in [1.29, 1.82) is 0 Å². The topological polar surface area (TPSA) is 78.5 Å². The Morgan fingerprint density at radius 2 is 2.10 bits per heavy atom. The van der Waals surface area contributed by atoms with E-state index in [-0.39, 0.29) is 30.7 Å². The van der Waals surface area contributed by atoms with Crippen LogP contribution in [0.1, 0.15) is 12.0 Å². The lowest BCUT2D eigenvalue weighted by Gasteiger charge is -2.25. The van der Waals surface area contributed by atoms with Gasteiger partial charge in [-0.05, 0) is 36.4 Å². The molecule has 1 atom stereocenters. The lowest BCUT2D eigenvalue weighted by molar-refractivity contribution is -0.134. The van der Waals surface area contributed by atoms with Crippen LogP contribution in [0.25, 0.3) is 0 Å². The summed E-state index contributed by atoms with van der Waals surface area (Å²) in [5.41, 5.74) is 1.84. The molecule has 0 saturated heterocycles. The summed E-state index contributed by atoms with van der Waals surface area (Å²) >= 11 is 7.25. The monoisotopic (exact) mass is 427 g/mol. The van der Waals surface area contributed by atoms with Gasteiger partial charge in [0.15, 0.2) is 0 Å². The van der Waals surface area contributed by atoms with Crippen LogP contribution in [0.4, 0.5) is 11.4 Å². The number of amides is 3. The first-order valence-corrected chi connectivity index (χ1v) is 9.99. The van der Waals surface area contributed by atoms with Gasteiger partial charge in [0, 0.05) is 34.6 Å². The van der Waals surface area contributed by atoms with Gasteiger partial charge in [-0.3, -0.25) is 14.4 Å². The fourth-order valence-corrected chi connectivity index (χ4v) is 4.02. The minimum Gasteiger partial charge on any atom is -0.336 e. The number of benzene rings is 2. The van der Waals surface area contributed by atoms with E-state index >= 15 is 0 Å². The first-order valence-electron chi connectivity index (χ1n) is 8.73. The van der Waals surface area contributed by atoms with Gasteiger partial charge in [0.1, 0.15) is 0 Å². The molecule has 0 aliphatic carbocycles.